The van der Waals surface area contributed by atoms with Crippen LogP contribution in [0.1, 0.15) is 31.1 Å². The molecule has 4 heteroatoms. The first kappa shape index (κ1) is 18.9. The zero-order valence-electron chi connectivity index (χ0n) is 16.2. The third-order valence-electron chi connectivity index (χ3n) is 4.35. The molecule has 0 saturated heterocycles. The number of hydrogen-bond donors (Lipinski definition) is 0. The summed E-state index contributed by atoms with van der Waals surface area (Å²) in [6.07, 6.45) is 3.59. The van der Waals surface area contributed by atoms with Crippen molar-refractivity contribution in [3.05, 3.63) is 78.1 Å². The van der Waals surface area contributed by atoms with E-state index in [0.29, 0.717) is 0 Å². The molecule has 0 bridgehead atoms. The molecule has 0 N–H and O–H groups in total. The van der Waals surface area contributed by atoms with Crippen molar-refractivity contribution >= 4 is 0 Å². The van der Waals surface area contributed by atoms with Crippen LogP contribution >= 0.6 is 0 Å². The van der Waals surface area contributed by atoms with E-state index in [1.54, 1.807) is 26.6 Å². The summed E-state index contributed by atoms with van der Waals surface area (Å²) in [6, 6.07) is 18.4. The number of benzene rings is 2. The highest BCUT2D eigenvalue weighted by Gasteiger charge is 2.16. The van der Waals surface area contributed by atoms with Crippen LogP contribution in [-0.4, -0.2) is 25.3 Å². The molecule has 27 heavy (non-hydrogen) atoms. The molecule has 0 aliphatic carbocycles. The molecule has 1 heterocycles. The minimum absolute atomic E-state index is 0.118. The van der Waals surface area contributed by atoms with Crippen molar-refractivity contribution in [3.63, 3.8) is 0 Å². The van der Waals surface area contributed by atoms with E-state index in [2.05, 4.69) is 29.2 Å². The largest absolute Gasteiger partial charge is 0.493 e. The first-order valence-corrected chi connectivity index (χ1v) is 9.00. The topological polar surface area (TPSA) is 40.6 Å². The van der Waals surface area contributed by atoms with Gasteiger partial charge in [0.25, 0.3) is 0 Å². The Balaban J connectivity index is 1.91. The lowest BCUT2D eigenvalue weighted by Crippen LogP contribution is -2.12. The summed E-state index contributed by atoms with van der Waals surface area (Å²) in [6.45, 7) is 4.10. The maximum absolute atomic E-state index is 6.17. The van der Waals surface area contributed by atoms with Gasteiger partial charge in [0.05, 0.1) is 20.3 Å². The van der Waals surface area contributed by atoms with E-state index in [0.717, 1.165) is 33.8 Å². The van der Waals surface area contributed by atoms with Gasteiger partial charge in [-0.1, -0.05) is 30.3 Å². The van der Waals surface area contributed by atoms with Crippen LogP contribution in [0.15, 0.2) is 67.0 Å². The Kier molecular flexibility index (Phi) is 6.09. The van der Waals surface area contributed by atoms with E-state index in [1.807, 2.05) is 44.2 Å². The first-order valence-electron chi connectivity index (χ1n) is 9.00. The number of aromatic nitrogens is 1. The highest BCUT2D eigenvalue weighted by Crippen LogP contribution is 2.34. The zero-order chi connectivity index (χ0) is 19.2. The van der Waals surface area contributed by atoms with Gasteiger partial charge in [-0.05, 0) is 60.4 Å². The summed E-state index contributed by atoms with van der Waals surface area (Å²) >= 11 is 0. The third kappa shape index (κ3) is 4.47. The molecule has 2 aromatic carbocycles. The predicted octanol–water partition coefficient (Wildman–Crippen LogP) is 5.28. The van der Waals surface area contributed by atoms with E-state index in [4.69, 9.17) is 14.2 Å². The number of rotatable bonds is 7. The number of methoxy groups -OCH3 is 2. The highest BCUT2D eigenvalue weighted by molar-refractivity contribution is 5.67. The van der Waals surface area contributed by atoms with Crippen molar-refractivity contribution < 1.29 is 14.2 Å². The Hall–Kier alpha value is -2.85. The fraction of sp³-hybridized carbons (Fsp3) is 0.261. The van der Waals surface area contributed by atoms with Gasteiger partial charge >= 0.3 is 0 Å². The summed E-state index contributed by atoms with van der Waals surface area (Å²) in [4.78, 5) is 4.11. The second kappa shape index (κ2) is 8.69. The Morgan fingerprint density at radius 2 is 1.30 bits per heavy atom. The lowest BCUT2D eigenvalue weighted by molar-refractivity contribution is 0.0303. The van der Waals surface area contributed by atoms with Crippen LogP contribution in [0.4, 0.5) is 0 Å². The van der Waals surface area contributed by atoms with E-state index >= 15 is 0 Å². The minimum Gasteiger partial charge on any atom is -0.493 e. The highest BCUT2D eigenvalue weighted by atomic mass is 16.5. The van der Waals surface area contributed by atoms with Crippen LogP contribution in [0.2, 0.25) is 0 Å². The van der Waals surface area contributed by atoms with Crippen molar-refractivity contribution in [2.75, 3.05) is 14.2 Å². The fourth-order valence-electron chi connectivity index (χ4n) is 3.03. The first-order chi connectivity index (χ1) is 13.1. The molecule has 1 aromatic heterocycles. The molecule has 0 aliphatic heterocycles. The Morgan fingerprint density at radius 1 is 0.704 bits per heavy atom. The van der Waals surface area contributed by atoms with Crippen LogP contribution in [0, 0.1) is 0 Å². The van der Waals surface area contributed by atoms with E-state index < -0.39 is 0 Å². The van der Waals surface area contributed by atoms with Gasteiger partial charge in [0.1, 0.15) is 6.10 Å². The van der Waals surface area contributed by atoms with Gasteiger partial charge in [0.2, 0.25) is 0 Å². The van der Waals surface area contributed by atoms with Crippen molar-refractivity contribution in [2.24, 2.45) is 0 Å². The molecular weight excluding hydrogens is 338 g/mol. The molecule has 0 saturated carbocycles. The Morgan fingerprint density at radius 3 is 1.89 bits per heavy atom. The normalized spacial score (nSPS) is 12.0. The van der Waals surface area contributed by atoms with Gasteiger partial charge in [-0.3, -0.25) is 4.98 Å². The second-order valence-corrected chi connectivity index (χ2v) is 6.54. The molecule has 0 radical (unpaired) electrons. The average molecular weight is 363 g/mol. The standard InChI is InChI=1S/C23H25NO3/c1-16(2)27-23(19-11-13-24-14-12-19)18-7-5-17(6-8-18)20-9-10-21(25-3)22(15-20)26-4/h5-16,23H,1-4H3. The van der Waals surface area contributed by atoms with Crippen molar-refractivity contribution in [3.8, 4) is 22.6 Å². The molecular formula is C23H25NO3. The lowest BCUT2D eigenvalue weighted by Gasteiger charge is -2.21. The van der Waals surface area contributed by atoms with Crippen LogP contribution in [0.3, 0.4) is 0 Å². The molecule has 3 aromatic rings. The third-order valence-corrected chi connectivity index (χ3v) is 4.35. The Bertz CT molecular complexity index is 861. The quantitative estimate of drug-likeness (QED) is 0.573. The van der Waals surface area contributed by atoms with E-state index in [1.165, 1.54) is 0 Å². The van der Waals surface area contributed by atoms with Gasteiger partial charge in [-0.25, -0.2) is 0 Å². The molecule has 1 unspecified atom stereocenters. The molecule has 0 amide bonds. The van der Waals surface area contributed by atoms with Gasteiger partial charge in [-0.15, -0.1) is 0 Å². The monoisotopic (exact) mass is 363 g/mol. The van der Waals surface area contributed by atoms with Gasteiger partial charge in [0.15, 0.2) is 11.5 Å². The van der Waals surface area contributed by atoms with Crippen molar-refractivity contribution in [1.29, 1.82) is 0 Å². The maximum atomic E-state index is 6.17. The number of pyridine rings is 1. The molecule has 3 rings (SSSR count). The summed E-state index contributed by atoms with van der Waals surface area (Å²) in [5, 5.41) is 0. The van der Waals surface area contributed by atoms with Crippen molar-refractivity contribution in [2.45, 2.75) is 26.1 Å². The zero-order valence-corrected chi connectivity index (χ0v) is 16.2. The molecule has 1 atom stereocenters. The molecule has 4 nitrogen and oxygen atoms in total. The van der Waals surface area contributed by atoms with Crippen molar-refractivity contribution in [1.82, 2.24) is 4.98 Å². The van der Waals surface area contributed by atoms with Crippen LogP contribution in [-0.2, 0) is 4.74 Å². The van der Waals surface area contributed by atoms with E-state index in [-0.39, 0.29) is 12.2 Å². The summed E-state index contributed by atoms with van der Waals surface area (Å²) < 4.78 is 16.9. The smallest absolute Gasteiger partial charge is 0.161 e. The minimum atomic E-state index is -0.118. The molecule has 0 spiro atoms. The van der Waals surface area contributed by atoms with E-state index in [9.17, 15) is 0 Å². The van der Waals surface area contributed by atoms with Crippen LogP contribution < -0.4 is 9.47 Å². The summed E-state index contributed by atoms with van der Waals surface area (Å²) in [5.41, 5.74) is 4.39. The number of ether oxygens (including phenoxy) is 3. The van der Waals surface area contributed by atoms with Gasteiger partial charge < -0.3 is 14.2 Å². The average Bonchev–Trinajstić information content (AvgIpc) is 2.72. The second-order valence-electron chi connectivity index (χ2n) is 6.54. The SMILES string of the molecule is COc1ccc(-c2ccc(C(OC(C)C)c3ccncc3)cc2)cc1OC. The predicted molar refractivity (Wildman–Crippen MR) is 107 cm³/mol. The summed E-state index contributed by atoms with van der Waals surface area (Å²) in [7, 11) is 3.29. The number of nitrogens with zero attached hydrogens (tertiary/aromatic N) is 1. The van der Waals surface area contributed by atoms with Crippen LogP contribution in [0.5, 0.6) is 11.5 Å². The molecule has 140 valence electrons. The Labute approximate surface area is 160 Å². The maximum Gasteiger partial charge on any atom is 0.161 e. The lowest BCUT2D eigenvalue weighted by atomic mass is 9.98. The van der Waals surface area contributed by atoms with Gasteiger partial charge in [-0.2, -0.15) is 0 Å². The number of hydrogen-bond acceptors (Lipinski definition) is 4. The van der Waals surface area contributed by atoms with Gasteiger partial charge in [0, 0.05) is 12.4 Å². The summed E-state index contributed by atoms with van der Waals surface area (Å²) in [5.74, 6) is 1.44. The van der Waals surface area contributed by atoms with Crippen LogP contribution in [0.25, 0.3) is 11.1 Å². The fourth-order valence-corrected chi connectivity index (χ4v) is 3.03. The molecule has 0 fully saturated rings. The molecule has 0 aliphatic rings.